The normalized spacial score (nSPS) is 23.8. The van der Waals surface area contributed by atoms with Crippen LogP contribution in [0, 0.1) is 5.92 Å². The second kappa shape index (κ2) is 9.42. The Bertz CT molecular complexity index is 604. The summed E-state index contributed by atoms with van der Waals surface area (Å²) in [6.45, 7) is 0.947. The Labute approximate surface area is 159 Å². The molecule has 0 bridgehead atoms. The van der Waals surface area contributed by atoms with Gasteiger partial charge < -0.3 is 15.0 Å². The van der Waals surface area contributed by atoms with Crippen LogP contribution in [-0.4, -0.2) is 54.1 Å². The number of hydrogen-bond donors (Lipinski definition) is 1. The maximum absolute atomic E-state index is 13.3. The third-order valence-corrected chi connectivity index (χ3v) is 6.71. The number of ether oxygens (including phenoxy) is 1. The van der Waals surface area contributed by atoms with Crippen LogP contribution in [0.4, 0.5) is 0 Å². The maximum atomic E-state index is 13.3. The fraction of sp³-hybridized carbons (Fsp3) is 0.600. The second-order valence-electron chi connectivity index (χ2n) is 7.00. The van der Waals surface area contributed by atoms with Crippen LogP contribution in [0.15, 0.2) is 30.3 Å². The number of carbonyl (C=O) groups excluding carboxylic acids is 2. The van der Waals surface area contributed by atoms with Gasteiger partial charge in [0.2, 0.25) is 5.91 Å². The zero-order valence-corrected chi connectivity index (χ0v) is 16.2. The molecule has 1 aromatic rings. The van der Waals surface area contributed by atoms with Crippen molar-refractivity contribution in [3.8, 4) is 0 Å². The van der Waals surface area contributed by atoms with Gasteiger partial charge in [-0.2, -0.15) is 0 Å². The van der Waals surface area contributed by atoms with Crippen molar-refractivity contribution in [2.24, 2.45) is 5.92 Å². The molecule has 0 radical (unpaired) electrons. The summed E-state index contributed by atoms with van der Waals surface area (Å²) in [5.74, 6) is 1.05. The lowest BCUT2D eigenvalue weighted by Gasteiger charge is -2.35. The molecule has 5 nitrogen and oxygen atoms in total. The van der Waals surface area contributed by atoms with E-state index in [4.69, 9.17) is 4.74 Å². The Kier molecular flexibility index (Phi) is 6.97. The van der Waals surface area contributed by atoms with Gasteiger partial charge in [-0.25, -0.2) is 0 Å². The summed E-state index contributed by atoms with van der Waals surface area (Å²) in [5, 5.41) is 3.01. The van der Waals surface area contributed by atoms with Gasteiger partial charge in [0.1, 0.15) is 6.04 Å². The Morgan fingerprint density at radius 2 is 1.92 bits per heavy atom. The number of carbonyl (C=O) groups is 2. The fourth-order valence-electron chi connectivity index (χ4n) is 3.89. The predicted molar refractivity (Wildman–Crippen MR) is 104 cm³/mol. The van der Waals surface area contributed by atoms with Crippen LogP contribution < -0.4 is 5.32 Å². The lowest BCUT2D eigenvalue weighted by Crippen LogP contribution is -2.51. The summed E-state index contributed by atoms with van der Waals surface area (Å²) >= 11 is 1.77. The molecule has 2 fully saturated rings. The molecule has 1 N–H and O–H groups in total. The van der Waals surface area contributed by atoms with Crippen LogP contribution in [-0.2, 0) is 9.53 Å². The number of benzene rings is 1. The van der Waals surface area contributed by atoms with Crippen molar-refractivity contribution in [3.63, 3.8) is 0 Å². The standard InChI is InChI=1S/C20H28N2O3S/c1-25-13-12-21-18(23)17-14-26-20(16-10-6-3-7-11-16)22(17)19(24)15-8-4-2-5-9-15/h2,4-5,8-9,16-17,20H,3,6-7,10-14H2,1H3,(H,21,23)/t17-,20-/m1/s1. The summed E-state index contributed by atoms with van der Waals surface area (Å²) in [7, 11) is 1.61. The van der Waals surface area contributed by atoms with Crippen LogP contribution in [0.2, 0.25) is 0 Å². The summed E-state index contributed by atoms with van der Waals surface area (Å²) in [5.41, 5.74) is 0.658. The Morgan fingerprint density at radius 1 is 1.19 bits per heavy atom. The summed E-state index contributed by atoms with van der Waals surface area (Å²) in [6, 6.07) is 8.92. The quantitative estimate of drug-likeness (QED) is 0.776. The molecule has 1 heterocycles. The number of hydrogen-bond acceptors (Lipinski definition) is 4. The van der Waals surface area contributed by atoms with Crippen molar-refractivity contribution in [1.82, 2.24) is 10.2 Å². The second-order valence-corrected chi connectivity index (χ2v) is 8.15. The topological polar surface area (TPSA) is 58.6 Å². The highest BCUT2D eigenvalue weighted by Crippen LogP contribution is 2.41. The molecule has 2 atom stereocenters. The smallest absolute Gasteiger partial charge is 0.255 e. The molecule has 0 aromatic heterocycles. The van der Waals surface area contributed by atoms with Gasteiger partial charge in [-0.3, -0.25) is 9.59 Å². The average Bonchev–Trinajstić information content (AvgIpc) is 3.14. The molecule has 1 aromatic carbocycles. The fourth-order valence-corrected chi connectivity index (χ4v) is 5.53. The lowest BCUT2D eigenvalue weighted by atomic mass is 9.88. The first-order chi connectivity index (χ1) is 12.7. The summed E-state index contributed by atoms with van der Waals surface area (Å²) < 4.78 is 5.01. The maximum Gasteiger partial charge on any atom is 0.255 e. The third-order valence-electron chi connectivity index (χ3n) is 5.25. The molecule has 0 unspecified atom stereocenters. The Morgan fingerprint density at radius 3 is 2.62 bits per heavy atom. The zero-order valence-electron chi connectivity index (χ0n) is 15.4. The van der Waals surface area contributed by atoms with Gasteiger partial charge in [-0.1, -0.05) is 37.5 Å². The molecule has 1 aliphatic heterocycles. The van der Waals surface area contributed by atoms with E-state index in [9.17, 15) is 9.59 Å². The van der Waals surface area contributed by atoms with Gasteiger partial charge in [-0.15, -0.1) is 11.8 Å². The molecule has 1 saturated carbocycles. The molecule has 0 spiro atoms. The minimum atomic E-state index is -0.406. The van der Waals surface area contributed by atoms with Crippen molar-refractivity contribution < 1.29 is 14.3 Å². The van der Waals surface area contributed by atoms with Crippen molar-refractivity contribution in [3.05, 3.63) is 35.9 Å². The molecule has 142 valence electrons. The van der Waals surface area contributed by atoms with Crippen molar-refractivity contribution in [1.29, 1.82) is 0 Å². The molecule has 1 saturated heterocycles. The number of thioether (sulfide) groups is 1. The van der Waals surface area contributed by atoms with E-state index in [-0.39, 0.29) is 17.2 Å². The van der Waals surface area contributed by atoms with E-state index in [0.29, 0.717) is 30.4 Å². The van der Waals surface area contributed by atoms with Crippen molar-refractivity contribution >= 4 is 23.6 Å². The largest absolute Gasteiger partial charge is 0.383 e. The number of rotatable bonds is 6. The predicted octanol–water partition coefficient (Wildman–Crippen LogP) is 2.91. The highest BCUT2D eigenvalue weighted by atomic mass is 32.2. The van der Waals surface area contributed by atoms with Gasteiger partial charge >= 0.3 is 0 Å². The molecule has 3 rings (SSSR count). The molecule has 2 amide bonds. The first-order valence-electron chi connectivity index (χ1n) is 9.48. The van der Waals surface area contributed by atoms with Gasteiger partial charge in [0.05, 0.1) is 12.0 Å². The molecular weight excluding hydrogens is 348 g/mol. The van der Waals surface area contributed by atoms with E-state index in [1.54, 1.807) is 18.9 Å². The average molecular weight is 377 g/mol. The zero-order chi connectivity index (χ0) is 18.4. The van der Waals surface area contributed by atoms with E-state index < -0.39 is 6.04 Å². The van der Waals surface area contributed by atoms with Crippen molar-refractivity contribution in [2.75, 3.05) is 26.0 Å². The molecule has 2 aliphatic rings. The molecule has 1 aliphatic carbocycles. The highest BCUT2D eigenvalue weighted by Gasteiger charge is 2.44. The molecule has 6 heteroatoms. The lowest BCUT2D eigenvalue weighted by molar-refractivity contribution is -0.125. The van der Waals surface area contributed by atoms with E-state index in [1.807, 2.05) is 35.2 Å². The highest BCUT2D eigenvalue weighted by molar-refractivity contribution is 8.00. The van der Waals surface area contributed by atoms with Crippen LogP contribution in [0.3, 0.4) is 0 Å². The SMILES string of the molecule is COCCNC(=O)[C@H]1CS[C@H](C2CCCCC2)N1C(=O)c1ccccc1. The first kappa shape index (κ1) is 19.2. The monoisotopic (exact) mass is 376 g/mol. The van der Waals surface area contributed by atoms with Crippen LogP contribution in [0.5, 0.6) is 0 Å². The van der Waals surface area contributed by atoms with Gasteiger partial charge in [0, 0.05) is 25.0 Å². The van der Waals surface area contributed by atoms with E-state index in [2.05, 4.69) is 5.32 Å². The van der Waals surface area contributed by atoms with Gasteiger partial charge in [0.15, 0.2) is 0 Å². The first-order valence-corrected chi connectivity index (χ1v) is 10.5. The van der Waals surface area contributed by atoms with Crippen LogP contribution in [0.1, 0.15) is 42.5 Å². The number of nitrogens with zero attached hydrogens (tertiary/aromatic N) is 1. The van der Waals surface area contributed by atoms with E-state index in [1.165, 1.54) is 19.3 Å². The Hall–Kier alpha value is -1.53. The number of nitrogens with one attached hydrogen (secondary N) is 1. The van der Waals surface area contributed by atoms with Crippen molar-refractivity contribution in [2.45, 2.75) is 43.5 Å². The third kappa shape index (κ3) is 4.41. The Balaban J connectivity index is 1.79. The van der Waals surface area contributed by atoms with E-state index in [0.717, 1.165) is 12.8 Å². The minimum absolute atomic E-state index is 0.0296. The minimum Gasteiger partial charge on any atom is -0.383 e. The molecule has 26 heavy (non-hydrogen) atoms. The summed E-state index contributed by atoms with van der Waals surface area (Å²) in [4.78, 5) is 27.8. The van der Waals surface area contributed by atoms with Crippen LogP contribution >= 0.6 is 11.8 Å². The van der Waals surface area contributed by atoms with Gasteiger partial charge in [-0.05, 0) is 30.9 Å². The van der Waals surface area contributed by atoms with Crippen LogP contribution in [0.25, 0.3) is 0 Å². The molecular formula is C20H28N2O3S. The van der Waals surface area contributed by atoms with E-state index >= 15 is 0 Å². The van der Waals surface area contributed by atoms with Gasteiger partial charge in [0.25, 0.3) is 5.91 Å². The summed E-state index contributed by atoms with van der Waals surface area (Å²) in [6.07, 6.45) is 6.02. The number of methoxy groups -OCH3 is 1. The number of amides is 2.